The van der Waals surface area contributed by atoms with Crippen molar-refractivity contribution in [3.05, 3.63) is 0 Å². The van der Waals surface area contributed by atoms with Crippen molar-refractivity contribution < 1.29 is 28.5 Å². The summed E-state index contributed by atoms with van der Waals surface area (Å²) in [6.07, 6.45) is 8.10. The molecular formula is C27H54O6. The summed E-state index contributed by atoms with van der Waals surface area (Å²) in [5.74, 6) is 1.10. The lowest BCUT2D eigenvalue weighted by molar-refractivity contribution is -0.144. The highest BCUT2D eigenvalue weighted by Gasteiger charge is 2.15. The van der Waals surface area contributed by atoms with E-state index in [9.17, 15) is 4.79 Å². The molecule has 0 heterocycles. The Morgan fingerprint density at radius 1 is 0.758 bits per heavy atom. The van der Waals surface area contributed by atoms with Gasteiger partial charge in [-0.25, -0.2) is 0 Å². The van der Waals surface area contributed by atoms with E-state index in [0.29, 0.717) is 82.9 Å². The van der Waals surface area contributed by atoms with Gasteiger partial charge in [0.05, 0.1) is 46.2 Å². The van der Waals surface area contributed by atoms with Crippen molar-refractivity contribution >= 4 is 5.97 Å². The third kappa shape index (κ3) is 24.2. The van der Waals surface area contributed by atoms with Gasteiger partial charge in [-0.15, -0.1) is 0 Å². The summed E-state index contributed by atoms with van der Waals surface area (Å²) in [5.41, 5.74) is 0.318. The quantitative estimate of drug-likeness (QED) is 0.133. The van der Waals surface area contributed by atoms with Crippen molar-refractivity contribution in [1.29, 1.82) is 0 Å². The Morgan fingerprint density at radius 3 is 1.88 bits per heavy atom. The molecule has 0 bridgehead atoms. The number of carbonyl (C=O) groups is 1. The Bertz CT molecular complexity index is 435. The molecular weight excluding hydrogens is 420 g/mol. The van der Waals surface area contributed by atoms with Crippen molar-refractivity contribution in [2.24, 2.45) is 17.3 Å². The van der Waals surface area contributed by atoms with Gasteiger partial charge < -0.3 is 23.7 Å². The minimum atomic E-state index is -0.134. The standard InChI is InChI=1S/C27H54O6/c1-7-9-11-25(8-2)23-32-21-20-31-19-18-30-17-16-29-14-10-12-26(28)33-15-13-24(3)22-27(4,5)6/h24-25H,7-23H2,1-6H3. The summed E-state index contributed by atoms with van der Waals surface area (Å²) < 4.78 is 27.6. The van der Waals surface area contributed by atoms with Crippen LogP contribution < -0.4 is 0 Å². The maximum atomic E-state index is 11.8. The molecule has 6 heteroatoms. The Hall–Kier alpha value is -0.690. The molecule has 2 atom stereocenters. The first kappa shape index (κ1) is 32.3. The van der Waals surface area contributed by atoms with Crippen LogP contribution in [0.1, 0.15) is 92.9 Å². The summed E-state index contributed by atoms with van der Waals surface area (Å²) in [6.45, 7) is 18.7. The van der Waals surface area contributed by atoms with Crippen LogP contribution in [0.3, 0.4) is 0 Å². The van der Waals surface area contributed by atoms with Gasteiger partial charge in [0.1, 0.15) is 0 Å². The van der Waals surface area contributed by atoms with E-state index in [0.717, 1.165) is 19.4 Å². The summed E-state index contributed by atoms with van der Waals surface area (Å²) in [4.78, 5) is 11.8. The van der Waals surface area contributed by atoms with E-state index in [1.54, 1.807) is 0 Å². The average molecular weight is 475 g/mol. The first-order valence-electron chi connectivity index (χ1n) is 13.2. The van der Waals surface area contributed by atoms with Gasteiger partial charge in [0.25, 0.3) is 0 Å². The molecule has 2 unspecified atom stereocenters. The second-order valence-electron chi connectivity index (χ2n) is 10.3. The SMILES string of the molecule is CCCCC(CC)COCCOCCOCCOCCCC(=O)OCCC(C)CC(C)(C)C. The Morgan fingerprint density at radius 2 is 1.33 bits per heavy atom. The summed E-state index contributed by atoms with van der Waals surface area (Å²) in [6, 6.07) is 0. The van der Waals surface area contributed by atoms with Gasteiger partial charge in [-0.3, -0.25) is 4.79 Å². The van der Waals surface area contributed by atoms with Crippen molar-refractivity contribution in [2.75, 3.05) is 59.5 Å². The molecule has 0 saturated carbocycles. The maximum Gasteiger partial charge on any atom is 0.305 e. The van der Waals surface area contributed by atoms with Gasteiger partial charge >= 0.3 is 5.97 Å². The van der Waals surface area contributed by atoms with Gasteiger partial charge in [-0.2, -0.15) is 0 Å². The average Bonchev–Trinajstić information content (AvgIpc) is 2.74. The minimum Gasteiger partial charge on any atom is -0.466 e. The molecule has 0 aromatic heterocycles. The number of rotatable bonds is 23. The van der Waals surface area contributed by atoms with Crippen LogP contribution in [-0.4, -0.2) is 65.4 Å². The molecule has 0 N–H and O–H groups in total. The third-order valence-corrected chi connectivity index (χ3v) is 5.52. The van der Waals surface area contributed by atoms with Gasteiger partial charge in [0.2, 0.25) is 0 Å². The lowest BCUT2D eigenvalue weighted by Crippen LogP contribution is -2.15. The first-order chi connectivity index (χ1) is 15.8. The fourth-order valence-corrected chi connectivity index (χ4v) is 3.72. The molecule has 0 aliphatic carbocycles. The van der Waals surface area contributed by atoms with Gasteiger partial charge in [0, 0.05) is 19.6 Å². The molecule has 33 heavy (non-hydrogen) atoms. The fraction of sp³-hybridized carbons (Fsp3) is 0.963. The molecule has 0 saturated heterocycles. The molecule has 0 aliphatic rings. The van der Waals surface area contributed by atoms with Gasteiger partial charge in [-0.1, -0.05) is 60.8 Å². The maximum absolute atomic E-state index is 11.8. The summed E-state index contributed by atoms with van der Waals surface area (Å²) in [7, 11) is 0. The Kier molecular flexibility index (Phi) is 21.4. The fourth-order valence-electron chi connectivity index (χ4n) is 3.72. The highest BCUT2D eigenvalue weighted by Crippen LogP contribution is 2.25. The summed E-state index contributed by atoms with van der Waals surface area (Å²) in [5, 5.41) is 0. The van der Waals surface area contributed by atoms with Crippen LogP contribution >= 0.6 is 0 Å². The monoisotopic (exact) mass is 474 g/mol. The number of ether oxygens (including phenoxy) is 5. The zero-order valence-electron chi connectivity index (χ0n) is 22.6. The van der Waals surface area contributed by atoms with Crippen LogP contribution in [-0.2, 0) is 28.5 Å². The van der Waals surface area contributed by atoms with Crippen LogP contribution in [0.2, 0.25) is 0 Å². The molecule has 0 spiro atoms. The molecule has 0 aromatic rings. The van der Waals surface area contributed by atoms with Gasteiger partial charge in [-0.05, 0) is 42.9 Å². The van der Waals surface area contributed by atoms with E-state index in [2.05, 4.69) is 41.5 Å². The van der Waals surface area contributed by atoms with Crippen molar-refractivity contribution in [1.82, 2.24) is 0 Å². The largest absolute Gasteiger partial charge is 0.466 e. The predicted octanol–water partition coefficient (Wildman–Crippen LogP) is 6.06. The predicted molar refractivity (Wildman–Crippen MR) is 135 cm³/mol. The second kappa shape index (κ2) is 21.8. The third-order valence-electron chi connectivity index (χ3n) is 5.52. The zero-order valence-corrected chi connectivity index (χ0v) is 22.6. The van der Waals surface area contributed by atoms with E-state index in [-0.39, 0.29) is 5.97 Å². The molecule has 0 radical (unpaired) electrons. The van der Waals surface area contributed by atoms with Crippen molar-refractivity contribution in [3.8, 4) is 0 Å². The van der Waals surface area contributed by atoms with Crippen LogP contribution in [0.25, 0.3) is 0 Å². The van der Waals surface area contributed by atoms with E-state index in [1.165, 1.54) is 25.7 Å². The van der Waals surface area contributed by atoms with E-state index in [4.69, 9.17) is 23.7 Å². The number of hydrogen-bond acceptors (Lipinski definition) is 6. The van der Waals surface area contributed by atoms with Gasteiger partial charge in [0.15, 0.2) is 0 Å². The minimum absolute atomic E-state index is 0.134. The Balaban J connectivity index is 3.34. The smallest absolute Gasteiger partial charge is 0.305 e. The molecule has 0 rings (SSSR count). The topological polar surface area (TPSA) is 63.2 Å². The number of carbonyl (C=O) groups excluding carboxylic acids is 1. The van der Waals surface area contributed by atoms with E-state index in [1.807, 2.05) is 0 Å². The Labute approximate surface area is 204 Å². The van der Waals surface area contributed by atoms with Crippen LogP contribution in [0.5, 0.6) is 0 Å². The van der Waals surface area contributed by atoms with E-state index < -0.39 is 0 Å². The zero-order chi connectivity index (χ0) is 24.8. The normalized spacial score (nSPS) is 13.8. The van der Waals surface area contributed by atoms with Crippen molar-refractivity contribution in [3.63, 3.8) is 0 Å². The molecule has 6 nitrogen and oxygen atoms in total. The molecule has 198 valence electrons. The second-order valence-corrected chi connectivity index (χ2v) is 10.3. The van der Waals surface area contributed by atoms with Crippen LogP contribution in [0.4, 0.5) is 0 Å². The van der Waals surface area contributed by atoms with E-state index >= 15 is 0 Å². The number of unbranched alkanes of at least 4 members (excludes halogenated alkanes) is 1. The lowest BCUT2D eigenvalue weighted by Gasteiger charge is -2.22. The van der Waals surface area contributed by atoms with Crippen LogP contribution in [0.15, 0.2) is 0 Å². The number of esters is 1. The first-order valence-corrected chi connectivity index (χ1v) is 13.2. The highest BCUT2D eigenvalue weighted by molar-refractivity contribution is 5.69. The molecule has 0 amide bonds. The van der Waals surface area contributed by atoms with Crippen LogP contribution in [0, 0.1) is 17.3 Å². The molecule has 0 aromatic carbocycles. The number of hydrogen-bond donors (Lipinski definition) is 0. The lowest BCUT2D eigenvalue weighted by atomic mass is 9.84. The molecule has 0 aliphatic heterocycles. The molecule has 0 fully saturated rings. The summed E-state index contributed by atoms with van der Waals surface area (Å²) >= 11 is 0. The highest BCUT2D eigenvalue weighted by atomic mass is 16.6. The van der Waals surface area contributed by atoms with Crippen molar-refractivity contribution in [2.45, 2.75) is 92.9 Å².